The number of aliphatic carboxylic acids is 1. The van der Waals surface area contributed by atoms with E-state index in [1.165, 1.54) is 27.9 Å². The average Bonchev–Trinajstić information content (AvgIpc) is 4.12. The van der Waals surface area contributed by atoms with Crippen LogP contribution in [0.2, 0.25) is 0 Å². The number of aromatic hydroxyl groups is 1. The number of hydrogen-bond acceptors (Lipinski definition) is 13. The first kappa shape index (κ1) is 56.1. The summed E-state index contributed by atoms with van der Waals surface area (Å²) in [7, 11) is -4.38. The molecular formula is C48H55F4N9O11S2. The summed E-state index contributed by atoms with van der Waals surface area (Å²) in [6.45, 7) is 8.79. The summed E-state index contributed by atoms with van der Waals surface area (Å²) in [5.41, 5.74) is 4.34. The summed E-state index contributed by atoms with van der Waals surface area (Å²) in [5.74, 6) is -6.79. The Morgan fingerprint density at radius 3 is 2.24 bits per heavy atom. The second-order valence-corrected chi connectivity index (χ2v) is 21.3. The standard InChI is InChI=1S/C46H54FN9O9S2.C2HF3O2/c1-26(28-10-12-29(13-11-28)42-27(2)49-25-66-42)51-44(62)35-19-33(57)22-55(35)45(63)43(46(3,4)5)52-37(59)9-7-6-8-16-48-38(60)23-54-21-32(20-50-54)30-14-15-31-18-36(58)41(40(47)34(31)17-30)56-24-39(61)53-67(56,64)65;3-2(4,5)1(6)7/h10-15,17-18,20-21,25-26,33,35,43,57-58H,6-9,16,19,22-24H2,1-5H3,(H,48,60)(H,51,62)(H,52,59)(H,53,61);(H,6,7)/t26-,33+,35-,43+;/m0./s1. The van der Waals surface area contributed by atoms with E-state index in [4.69, 9.17) is 9.90 Å². The van der Waals surface area contributed by atoms with Crippen molar-refractivity contribution >= 4 is 73.5 Å². The minimum Gasteiger partial charge on any atom is -0.506 e. The number of anilines is 1. The smallest absolute Gasteiger partial charge is 0.490 e. The van der Waals surface area contributed by atoms with E-state index in [0.29, 0.717) is 41.2 Å². The summed E-state index contributed by atoms with van der Waals surface area (Å²) in [5, 5.41) is 41.5. The number of phenolic OH excluding ortho intramolecular Hbond substituents is 1. The number of aliphatic hydroxyl groups is 1. The number of benzene rings is 3. The van der Waals surface area contributed by atoms with Crippen molar-refractivity contribution in [2.45, 2.75) is 104 Å². The predicted molar refractivity (Wildman–Crippen MR) is 263 cm³/mol. The molecule has 5 amide bonds. The molecule has 2 aromatic heterocycles. The molecule has 0 radical (unpaired) electrons. The number of phenols is 1. The molecule has 3 aromatic carbocycles. The predicted octanol–water partition coefficient (Wildman–Crippen LogP) is 4.84. The summed E-state index contributed by atoms with van der Waals surface area (Å²) in [6, 6.07) is 11.5. The third kappa shape index (κ3) is 13.7. The first-order chi connectivity index (χ1) is 34.6. The molecule has 398 valence electrons. The number of thiazole rings is 1. The van der Waals surface area contributed by atoms with E-state index in [1.807, 2.05) is 58.9 Å². The Kier molecular flexibility index (Phi) is 17.4. The van der Waals surface area contributed by atoms with Gasteiger partial charge in [0, 0.05) is 43.1 Å². The van der Waals surface area contributed by atoms with Crippen molar-refractivity contribution in [2.75, 3.05) is 23.9 Å². The highest BCUT2D eigenvalue weighted by atomic mass is 32.2. The molecule has 2 aliphatic heterocycles. The van der Waals surface area contributed by atoms with Crippen LogP contribution in [0.5, 0.6) is 5.75 Å². The fourth-order valence-corrected chi connectivity index (χ4v) is 10.2. The highest BCUT2D eigenvalue weighted by Gasteiger charge is 2.45. The van der Waals surface area contributed by atoms with E-state index >= 15 is 4.39 Å². The number of aryl methyl sites for hydroxylation is 1. The van der Waals surface area contributed by atoms with Crippen LogP contribution in [-0.4, -0.2) is 123 Å². The van der Waals surface area contributed by atoms with Crippen LogP contribution in [0.15, 0.2) is 66.4 Å². The number of carboxylic acid groups (broad SMARTS) is 1. The molecule has 20 nitrogen and oxygen atoms in total. The number of rotatable bonds is 16. The van der Waals surface area contributed by atoms with E-state index in [0.717, 1.165) is 21.7 Å². The molecule has 74 heavy (non-hydrogen) atoms. The topological polar surface area (TPSA) is 283 Å². The van der Waals surface area contributed by atoms with Crippen LogP contribution in [0.3, 0.4) is 0 Å². The summed E-state index contributed by atoms with van der Waals surface area (Å²) >= 11 is 1.56. The maximum atomic E-state index is 15.8. The van der Waals surface area contributed by atoms with Gasteiger partial charge >= 0.3 is 22.4 Å². The molecule has 2 aliphatic rings. The Hall–Kier alpha value is -7.19. The zero-order valence-corrected chi connectivity index (χ0v) is 42.3. The Morgan fingerprint density at radius 2 is 1.64 bits per heavy atom. The third-order valence-electron chi connectivity index (χ3n) is 12.1. The molecule has 5 aromatic rings. The van der Waals surface area contributed by atoms with Crippen molar-refractivity contribution in [1.29, 1.82) is 0 Å². The fourth-order valence-electron chi connectivity index (χ4n) is 8.26. The number of likely N-dealkylation sites (tertiary alicyclic amines) is 1. The Morgan fingerprint density at radius 1 is 0.959 bits per heavy atom. The number of carboxylic acids is 1. The number of alkyl halides is 3. The molecule has 0 unspecified atom stereocenters. The van der Waals surface area contributed by atoms with Gasteiger partial charge in [0.05, 0.1) is 34.4 Å². The van der Waals surface area contributed by atoms with E-state index in [1.54, 1.807) is 39.9 Å². The molecule has 4 atom stereocenters. The number of aromatic nitrogens is 3. The highest BCUT2D eigenvalue weighted by molar-refractivity contribution is 7.92. The molecule has 7 N–H and O–H groups in total. The Balaban J connectivity index is 0.00000119. The minimum absolute atomic E-state index is 0.00457. The third-order valence-corrected chi connectivity index (χ3v) is 14.4. The molecule has 2 saturated heterocycles. The van der Waals surface area contributed by atoms with Crippen LogP contribution in [-0.2, 0) is 45.5 Å². The molecule has 26 heteroatoms. The van der Waals surface area contributed by atoms with Gasteiger partial charge in [-0.05, 0) is 66.3 Å². The van der Waals surface area contributed by atoms with Crippen molar-refractivity contribution in [3.63, 3.8) is 0 Å². The molecule has 0 bridgehead atoms. The molecular weight excluding hydrogens is 1020 g/mol. The van der Waals surface area contributed by atoms with Crippen LogP contribution in [0, 0.1) is 18.2 Å². The largest absolute Gasteiger partial charge is 0.506 e. The number of amides is 5. The minimum atomic E-state index is -5.08. The quantitative estimate of drug-likeness (QED) is 0.0515. The van der Waals surface area contributed by atoms with Gasteiger partial charge in [0.25, 0.3) is 5.91 Å². The molecule has 0 saturated carbocycles. The normalized spacial score (nSPS) is 17.2. The number of fused-ring (bicyclic) bond motifs is 1. The zero-order valence-electron chi connectivity index (χ0n) is 40.7. The first-order valence-electron chi connectivity index (χ1n) is 23.1. The lowest BCUT2D eigenvalue weighted by Gasteiger charge is -2.35. The number of nitrogens with zero attached hydrogens (tertiary/aromatic N) is 5. The van der Waals surface area contributed by atoms with Crippen LogP contribution in [0.25, 0.3) is 32.3 Å². The molecule has 4 heterocycles. The lowest BCUT2D eigenvalue weighted by atomic mass is 9.85. The van der Waals surface area contributed by atoms with Crippen molar-refractivity contribution < 1.29 is 70.1 Å². The summed E-state index contributed by atoms with van der Waals surface area (Å²) in [4.78, 5) is 81.1. The van der Waals surface area contributed by atoms with Gasteiger partial charge < -0.3 is 36.2 Å². The number of carbonyl (C=O) groups excluding carboxylic acids is 5. The maximum Gasteiger partial charge on any atom is 0.490 e. The highest BCUT2D eigenvalue weighted by Crippen LogP contribution is 2.40. The van der Waals surface area contributed by atoms with E-state index in [2.05, 4.69) is 26.0 Å². The van der Waals surface area contributed by atoms with Gasteiger partial charge in [0.15, 0.2) is 5.82 Å². The number of aliphatic hydroxyl groups excluding tert-OH is 1. The van der Waals surface area contributed by atoms with E-state index < -0.39 is 87.5 Å². The molecule has 2 fully saturated rings. The van der Waals surface area contributed by atoms with Crippen LogP contribution in [0.1, 0.15) is 77.1 Å². The van der Waals surface area contributed by atoms with Crippen molar-refractivity contribution in [2.24, 2.45) is 5.41 Å². The summed E-state index contributed by atoms with van der Waals surface area (Å²) < 4.78 is 75.9. The SMILES string of the molecule is Cc1ncsc1-c1ccc([C@H](C)NC(=O)[C@@H]2C[C@@H](O)CN2C(=O)[C@@H](NC(=O)CCCCCNC(=O)Cn2cc(-c3ccc4cc(O)c(N5CC(=O)NS5(=O)=O)c(F)c4c3)cn2)C(C)(C)C)cc1.O=C(O)C(F)(F)F. The first-order valence-corrected chi connectivity index (χ1v) is 25.4. The Bertz CT molecular complexity index is 3030. The second kappa shape index (κ2) is 22.9. The lowest BCUT2D eigenvalue weighted by molar-refractivity contribution is -0.192. The van der Waals surface area contributed by atoms with Crippen molar-refractivity contribution in [1.82, 2.24) is 40.3 Å². The maximum absolute atomic E-state index is 15.8. The number of carbonyl (C=O) groups is 6. The average molecular weight is 1070 g/mol. The van der Waals surface area contributed by atoms with Crippen LogP contribution < -0.4 is 25.0 Å². The van der Waals surface area contributed by atoms with Gasteiger partial charge in [0.2, 0.25) is 23.6 Å². The second-order valence-electron chi connectivity index (χ2n) is 18.8. The molecule has 0 spiro atoms. The monoisotopic (exact) mass is 1070 g/mol. The van der Waals surface area contributed by atoms with Gasteiger partial charge in [-0.1, -0.05) is 63.6 Å². The lowest BCUT2D eigenvalue weighted by Crippen LogP contribution is -2.57. The number of halogens is 4. The van der Waals surface area contributed by atoms with Crippen molar-refractivity contribution in [3.8, 4) is 27.3 Å². The molecule has 7 rings (SSSR count). The van der Waals surface area contributed by atoms with E-state index in [-0.39, 0.29) is 54.6 Å². The molecule has 0 aliphatic carbocycles. The van der Waals surface area contributed by atoms with Gasteiger partial charge in [-0.2, -0.15) is 26.7 Å². The van der Waals surface area contributed by atoms with Gasteiger partial charge in [-0.25, -0.2) is 23.2 Å². The number of hydrogen-bond donors (Lipinski definition) is 7. The fraction of sp³-hybridized carbons (Fsp3) is 0.417. The number of unbranched alkanes of at least 4 members (excludes halogenated alkanes) is 2. The van der Waals surface area contributed by atoms with Crippen LogP contribution >= 0.6 is 11.3 Å². The number of β-amino-alcohol motifs (C(OH)–C–C–N with tert-alkyl or cyclic N) is 1. The van der Waals surface area contributed by atoms with E-state index in [9.17, 15) is 55.8 Å². The zero-order chi connectivity index (χ0) is 54.4. The Labute approximate surface area is 426 Å². The van der Waals surface area contributed by atoms with Crippen LogP contribution in [0.4, 0.5) is 23.2 Å². The summed E-state index contributed by atoms with van der Waals surface area (Å²) in [6.07, 6.45) is -1.03. The van der Waals surface area contributed by atoms with Gasteiger partial charge in [0.1, 0.15) is 36.6 Å². The van der Waals surface area contributed by atoms with Gasteiger partial charge in [-0.15, -0.1) is 11.3 Å². The van der Waals surface area contributed by atoms with Crippen molar-refractivity contribution in [3.05, 3.63) is 83.5 Å². The van der Waals surface area contributed by atoms with Gasteiger partial charge in [-0.3, -0.25) is 28.7 Å². The number of nitrogens with one attached hydrogen (secondary N) is 4.